The lowest BCUT2D eigenvalue weighted by Crippen LogP contribution is -2.40. The molecule has 0 heterocycles. The number of ether oxygens (including phenoxy) is 1. The number of aromatic hydroxyl groups is 1. The summed E-state index contributed by atoms with van der Waals surface area (Å²) in [5, 5.41) is 10.3. The molecule has 2 saturated carbocycles. The first-order chi connectivity index (χ1) is 13.0. The fourth-order valence-corrected chi connectivity index (χ4v) is 6.35. The molecule has 3 aliphatic rings. The third-order valence-corrected chi connectivity index (χ3v) is 7.73. The zero-order valence-corrected chi connectivity index (χ0v) is 16.9. The maximum Gasteiger partial charge on any atom is 0.330 e. The van der Waals surface area contributed by atoms with Crippen molar-refractivity contribution in [1.82, 2.24) is 0 Å². The van der Waals surface area contributed by atoms with Gasteiger partial charge < -0.3 is 9.84 Å². The molecule has 0 aromatic heterocycles. The van der Waals surface area contributed by atoms with Crippen LogP contribution in [0.15, 0.2) is 23.8 Å². The standard InChI is InChI=1S/C24H32O3/c1-4-15-12-20-16(13-22(15)25)6-8-19-18(20)10-11-24(3)17(7-9-21(19)24)14-23(26)27-5-2/h12-14,18-19,21,25H,4-11H2,1-3H3/b17-14+/t18?,19?,21?,24-/m1/s1. The molecule has 0 spiro atoms. The third kappa shape index (κ3) is 2.99. The largest absolute Gasteiger partial charge is 0.508 e. The van der Waals surface area contributed by atoms with Crippen LogP contribution in [-0.4, -0.2) is 17.7 Å². The Morgan fingerprint density at radius 1 is 1.26 bits per heavy atom. The lowest BCUT2D eigenvalue weighted by Gasteiger charge is -2.49. The van der Waals surface area contributed by atoms with E-state index in [1.165, 1.54) is 36.0 Å². The zero-order valence-electron chi connectivity index (χ0n) is 16.9. The minimum absolute atomic E-state index is 0.149. The highest BCUT2D eigenvalue weighted by atomic mass is 16.5. The molecule has 0 aliphatic heterocycles. The Bertz CT molecular complexity index is 778. The molecular formula is C24H32O3. The van der Waals surface area contributed by atoms with Crippen molar-refractivity contribution in [3.8, 4) is 5.75 Å². The van der Waals surface area contributed by atoms with Crippen molar-refractivity contribution in [2.75, 3.05) is 6.61 Å². The van der Waals surface area contributed by atoms with E-state index in [1.54, 1.807) is 6.08 Å². The van der Waals surface area contributed by atoms with Gasteiger partial charge >= 0.3 is 5.97 Å². The van der Waals surface area contributed by atoms with Gasteiger partial charge in [-0.1, -0.05) is 25.5 Å². The van der Waals surface area contributed by atoms with E-state index in [0.29, 0.717) is 30.1 Å². The van der Waals surface area contributed by atoms with Crippen molar-refractivity contribution in [2.24, 2.45) is 17.3 Å². The van der Waals surface area contributed by atoms with Crippen LogP contribution in [0.25, 0.3) is 0 Å². The number of carbonyl (C=O) groups excluding carboxylic acids is 1. The summed E-state index contributed by atoms with van der Waals surface area (Å²) in [5.74, 6) is 2.26. The molecule has 0 radical (unpaired) electrons. The highest BCUT2D eigenvalue weighted by molar-refractivity contribution is 5.83. The summed E-state index contributed by atoms with van der Waals surface area (Å²) in [4.78, 5) is 12.0. The summed E-state index contributed by atoms with van der Waals surface area (Å²) in [5.41, 5.74) is 5.39. The van der Waals surface area contributed by atoms with Crippen molar-refractivity contribution in [2.45, 2.75) is 71.6 Å². The van der Waals surface area contributed by atoms with Gasteiger partial charge in [0.15, 0.2) is 0 Å². The fourth-order valence-electron chi connectivity index (χ4n) is 6.35. The van der Waals surface area contributed by atoms with Gasteiger partial charge in [-0.15, -0.1) is 0 Å². The van der Waals surface area contributed by atoms with E-state index in [0.717, 1.165) is 31.2 Å². The molecule has 2 fully saturated rings. The van der Waals surface area contributed by atoms with E-state index >= 15 is 0 Å². The molecule has 3 aliphatic carbocycles. The van der Waals surface area contributed by atoms with Crippen LogP contribution in [0.1, 0.15) is 75.5 Å². The van der Waals surface area contributed by atoms with Gasteiger partial charge in [0.25, 0.3) is 0 Å². The third-order valence-electron chi connectivity index (χ3n) is 7.73. The first kappa shape index (κ1) is 18.6. The number of benzene rings is 1. The SMILES string of the molecule is CCOC(=O)/C=C1\CCC2C3CCc4cc(O)c(CC)cc4C3CC[C@]12C. The van der Waals surface area contributed by atoms with E-state index in [1.807, 2.05) is 13.0 Å². The van der Waals surface area contributed by atoms with Crippen LogP contribution < -0.4 is 0 Å². The lowest BCUT2D eigenvalue weighted by atomic mass is 9.55. The highest BCUT2D eigenvalue weighted by Crippen LogP contribution is 2.63. The van der Waals surface area contributed by atoms with Crippen LogP contribution >= 0.6 is 0 Å². The van der Waals surface area contributed by atoms with Crippen molar-refractivity contribution >= 4 is 5.97 Å². The molecule has 1 aromatic carbocycles. The van der Waals surface area contributed by atoms with Crippen LogP contribution in [0.3, 0.4) is 0 Å². The normalized spacial score (nSPS) is 33.3. The first-order valence-electron chi connectivity index (χ1n) is 10.7. The molecule has 27 heavy (non-hydrogen) atoms. The predicted molar refractivity (Wildman–Crippen MR) is 107 cm³/mol. The summed E-state index contributed by atoms with van der Waals surface area (Å²) in [6.07, 6.45) is 9.50. The lowest BCUT2D eigenvalue weighted by molar-refractivity contribution is -0.137. The fraction of sp³-hybridized carbons (Fsp3) is 0.625. The maximum absolute atomic E-state index is 12.0. The topological polar surface area (TPSA) is 46.5 Å². The number of hydrogen-bond acceptors (Lipinski definition) is 3. The van der Waals surface area contributed by atoms with Gasteiger partial charge in [0.05, 0.1) is 6.61 Å². The number of fused-ring (bicyclic) bond motifs is 5. The second kappa shape index (κ2) is 7.00. The van der Waals surface area contributed by atoms with Crippen LogP contribution in [0.4, 0.5) is 0 Å². The predicted octanol–water partition coefficient (Wildman–Crippen LogP) is 5.30. The average Bonchev–Trinajstić information content (AvgIpc) is 2.97. The molecule has 0 saturated heterocycles. The van der Waals surface area contributed by atoms with E-state index in [-0.39, 0.29) is 11.4 Å². The summed E-state index contributed by atoms with van der Waals surface area (Å²) < 4.78 is 5.18. The van der Waals surface area contributed by atoms with E-state index in [9.17, 15) is 9.90 Å². The molecule has 146 valence electrons. The summed E-state index contributed by atoms with van der Waals surface area (Å²) in [6.45, 7) is 6.80. The quantitative estimate of drug-likeness (QED) is 0.582. The summed E-state index contributed by atoms with van der Waals surface area (Å²) >= 11 is 0. The average molecular weight is 369 g/mol. The number of esters is 1. The van der Waals surface area contributed by atoms with Crippen LogP contribution in [0.5, 0.6) is 5.75 Å². The van der Waals surface area contributed by atoms with Crippen molar-refractivity contribution < 1.29 is 14.6 Å². The molecule has 1 N–H and O–H groups in total. The van der Waals surface area contributed by atoms with E-state index in [2.05, 4.69) is 19.9 Å². The van der Waals surface area contributed by atoms with Gasteiger partial charge in [-0.25, -0.2) is 4.79 Å². The number of phenols is 1. The van der Waals surface area contributed by atoms with Crippen molar-refractivity contribution in [3.63, 3.8) is 0 Å². The Kier molecular flexibility index (Phi) is 4.82. The summed E-state index contributed by atoms with van der Waals surface area (Å²) in [6, 6.07) is 4.31. The minimum atomic E-state index is -0.173. The van der Waals surface area contributed by atoms with E-state index < -0.39 is 0 Å². The molecule has 4 rings (SSSR count). The molecule has 1 aromatic rings. The number of allylic oxidation sites excluding steroid dienone is 1. The molecule has 0 bridgehead atoms. The van der Waals surface area contributed by atoms with Crippen LogP contribution in [0, 0.1) is 17.3 Å². The monoisotopic (exact) mass is 368 g/mol. The molecule has 0 amide bonds. The summed E-state index contributed by atoms with van der Waals surface area (Å²) in [7, 11) is 0. The zero-order chi connectivity index (χ0) is 19.2. The van der Waals surface area contributed by atoms with Gasteiger partial charge in [-0.05, 0) is 97.8 Å². The van der Waals surface area contributed by atoms with Crippen molar-refractivity contribution in [1.29, 1.82) is 0 Å². The van der Waals surface area contributed by atoms with Gasteiger partial charge in [-0.3, -0.25) is 0 Å². The first-order valence-corrected chi connectivity index (χ1v) is 10.7. The number of phenolic OH excluding ortho intramolecular Hbond substituents is 1. The van der Waals surface area contributed by atoms with Gasteiger partial charge in [0, 0.05) is 6.08 Å². The Balaban J connectivity index is 1.64. The number of aryl methyl sites for hydroxylation is 2. The Morgan fingerprint density at radius 2 is 2.07 bits per heavy atom. The Hall–Kier alpha value is -1.77. The van der Waals surface area contributed by atoms with Crippen LogP contribution in [0.2, 0.25) is 0 Å². The van der Waals surface area contributed by atoms with E-state index in [4.69, 9.17) is 4.74 Å². The molecule has 3 nitrogen and oxygen atoms in total. The second-order valence-electron chi connectivity index (χ2n) is 8.87. The van der Waals surface area contributed by atoms with Gasteiger partial charge in [-0.2, -0.15) is 0 Å². The number of hydrogen-bond donors (Lipinski definition) is 1. The van der Waals surface area contributed by atoms with Gasteiger partial charge in [0.1, 0.15) is 5.75 Å². The Morgan fingerprint density at radius 3 is 2.81 bits per heavy atom. The number of carbonyl (C=O) groups is 1. The van der Waals surface area contributed by atoms with Gasteiger partial charge in [0.2, 0.25) is 0 Å². The molecule has 4 atom stereocenters. The Labute approximate surface area is 162 Å². The van der Waals surface area contributed by atoms with Crippen LogP contribution in [-0.2, 0) is 22.4 Å². The maximum atomic E-state index is 12.0. The molecule has 3 unspecified atom stereocenters. The molecule has 3 heteroatoms. The highest BCUT2D eigenvalue weighted by Gasteiger charge is 2.52. The molecular weight excluding hydrogens is 336 g/mol. The smallest absolute Gasteiger partial charge is 0.330 e. The minimum Gasteiger partial charge on any atom is -0.508 e. The van der Waals surface area contributed by atoms with Crippen molar-refractivity contribution in [3.05, 3.63) is 40.5 Å². The second-order valence-corrected chi connectivity index (χ2v) is 8.87. The number of rotatable bonds is 3.